The first-order valence-corrected chi connectivity index (χ1v) is 8.70. The van der Waals surface area contributed by atoms with E-state index in [-0.39, 0.29) is 5.91 Å². The largest absolute Gasteiger partial charge is 0.324 e. The number of nitrogens with one attached hydrogen (secondary N) is 1. The van der Waals surface area contributed by atoms with Crippen molar-refractivity contribution in [1.29, 1.82) is 5.26 Å². The number of anilines is 1. The molecule has 1 N–H and O–H groups in total. The summed E-state index contributed by atoms with van der Waals surface area (Å²) in [5.41, 5.74) is 3.20. The lowest BCUT2D eigenvalue weighted by molar-refractivity contribution is -0.117. The van der Waals surface area contributed by atoms with Gasteiger partial charge >= 0.3 is 0 Å². The first-order chi connectivity index (χ1) is 11.6. The second-order valence-electron chi connectivity index (χ2n) is 5.59. The Morgan fingerprint density at radius 1 is 1.21 bits per heavy atom. The lowest BCUT2D eigenvalue weighted by Crippen LogP contribution is -2.30. The van der Waals surface area contributed by atoms with E-state index >= 15 is 0 Å². The van der Waals surface area contributed by atoms with Gasteiger partial charge in [0.15, 0.2) is 0 Å². The van der Waals surface area contributed by atoms with E-state index in [4.69, 9.17) is 5.26 Å². The fourth-order valence-corrected chi connectivity index (χ4v) is 3.04. The van der Waals surface area contributed by atoms with Crippen molar-refractivity contribution in [2.24, 2.45) is 0 Å². The van der Waals surface area contributed by atoms with Gasteiger partial charge in [-0.15, -0.1) is 11.8 Å². The van der Waals surface area contributed by atoms with Crippen molar-refractivity contribution in [3.8, 4) is 6.07 Å². The van der Waals surface area contributed by atoms with E-state index in [1.165, 1.54) is 22.9 Å². The van der Waals surface area contributed by atoms with Crippen LogP contribution in [0.5, 0.6) is 0 Å². The van der Waals surface area contributed by atoms with Crippen LogP contribution in [0.2, 0.25) is 0 Å². The smallest absolute Gasteiger partial charge is 0.238 e. The number of benzene rings is 2. The summed E-state index contributed by atoms with van der Waals surface area (Å²) in [6.07, 6.45) is 0. The van der Waals surface area contributed by atoms with Crippen molar-refractivity contribution in [3.05, 3.63) is 59.7 Å². The monoisotopic (exact) mass is 339 g/mol. The molecular weight excluding hydrogens is 318 g/mol. The third kappa shape index (κ3) is 5.41. The summed E-state index contributed by atoms with van der Waals surface area (Å²) in [4.78, 5) is 15.2. The summed E-state index contributed by atoms with van der Waals surface area (Å²) in [5, 5.41) is 11.7. The number of thioether (sulfide) groups is 1. The first kappa shape index (κ1) is 18.1. The number of amides is 1. The molecule has 2 rings (SSSR count). The minimum atomic E-state index is -0.0592. The van der Waals surface area contributed by atoms with Crippen molar-refractivity contribution in [2.75, 3.05) is 24.7 Å². The highest BCUT2D eigenvalue weighted by atomic mass is 32.2. The van der Waals surface area contributed by atoms with E-state index in [0.717, 1.165) is 17.1 Å². The van der Waals surface area contributed by atoms with Gasteiger partial charge in [-0.2, -0.15) is 5.26 Å². The van der Waals surface area contributed by atoms with Gasteiger partial charge in [0.1, 0.15) is 0 Å². The molecular formula is C19H21N3OS. The summed E-state index contributed by atoms with van der Waals surface area (Å²) in [7, 11) is 1.93. The Morgan fingerprint density at radius 2 is 1.92 bits per heavy atom. The molecule has 0 spiro atoms. The molecule has 0 unspecified atom stereocenters. The molecule has 0 aromatic heterocycles. The molecule has 0 heterocycles. The highest BCUT2D eigenvalue weighted by Gasteiger charge is 2.10. The zero-order valence-corrected chi connectivity index (χ0v) is 14.8. The van der Waals surface area contributed by atoms with Crippen LogP contribution in [0.1, 0.15) is 11.1 Å². The maximum absolute atomic E-state index is 12.3. The zero-order chi connectivity index (χ0) is 17.4. The average molecular weight is 339 g/mol. The summed E-state index contributed by atoms with van der Waals surface area (Å²) in [6.45, 7) is 3.11. The number of nitrogens with zero attached hydrogens (tertiary/aromatic N) is 2. The minimum Gasteiger partial charge on any atom is -0.324 e. The van der Waals surface area contributed by atoms with E-state index in [0.29, 0.717) is 12.3 Å². The molecule has 124 valence electrons. The molecule has 2 aromatic rings. The molecule has 1 amide bonds. The standard InChI is InChI=1S/C19H21N3OS/c1-15-7-3-4-8-16(15)13-22(2)14-19(23)21-17-9-5-6-10-18(17)24-12-11-20/h3-10H,12-14H2,1-2H3,(H,21,23). The Bertz CT molecular complexity index is 739. The lowest BCUT2D eigenvalue weighted by atomic mass is 10.1. The molecule has 0 bridgehead atoms. The summed E-state index contributed by atoms with van der Waals surface area (Å²) < 4.78 is 0. The zero-order valence-electron chi connectivity index (χ0n) is 14.0. The van der Waals surface area contributed by atoms with Gasteiger partial charge in [0.25, 0.3) is 0 Å². The van der Waals surface area contributed by atoms with Crippen molar-refractivity contribution >= 4 is 23.4 Å². The molecule has 0 aliphatic rings. The van der Waals surface area contributed by atoms with Crippen LogP contribution in [0.15, 0.2) is 53.4 Å². The topological polar surface area (TPSA) is 56.1 Å². The Labute approximate surface area is 147 Å². The molecule has 4 nitrogen and oxygen atoms in total. The lowest BCUT2D eigenvalue weighted by Gasteiger charge is -2.18. The fourth-order valence-electron chi connectivity index (χ4n) is 2.37. The van der Waals surface area contributed by atoms with Crippen LogP contribution in [0.4, 0.5) is 5.69 Å². The van der Waals surface area contributed by atoms with Gasteiger partial charge in [-0.05, 0) is 37.2 Å². The number of para-hydroxylation sites is 1. The number of rotatable bonds is 7. The molecule has 2 aromatic carbocycles. The molecule has 0 fully saturated rings. The van der Waals surface area contributed by atoms with Crippen molar-refractivity contribution in [1.82, 2.24) is 4.90 Å². The Balaban J connectivity index is 1.94. The maximum Gasteiger partial charge on any atom is 0.238 e. The van der Waals surface area contributed by atoms with Crippen LogP contribution in [-0.2, 0) is 11.3 Å². The SMILES string of the molecule is Cc1ccccc1CN(C)CC(=O)Nc1ccccc1SCC#N. The van der Waals surface area contributed by atoms with Gasteiger partial charge in [-0.1, -0.05) is 36.4 Å². The van der Waals surface area contributed by atoms with Gasteiger partial charge in [-0.25, -0.2) is 0 Å². The Kier molecular flexibility index (Phi) is 6.86. The highest BCUT2D eigenvalue weighted by Crippen LogP contribution is 2.26. The van der Waals surface area contributed by atoms with Crippen LogP contribution in [-0.4, -0.2) is 30.2 Å². The summed E-state index contributed by atoms with van der Waals surface area (Å²) >= 11 is 1.42. The quantitative estimate of drug-likeness (QED) is 0.782. The molecule has 0 saturated heterocycles. The number of nitriles is 1. The van der Waals surface area contributed by atoms with Crippen LogP contribution in [0, 0.1) is 18.3 Å². The van der Waals surface area contributed by atoms with Crippen molar-refractivity contribution < 1.29 is 4.79 Å². The van der Waals surface area contributed by atoms with E-state index in [1.54, 1.807) is 0 Å². The minimum absolute atomic E-state index is 0.0592. The third-order valence-electron chi connectivity index (χ3n) is 3.57. The molecule has 0 atom stereocenters. The number of aryl methyl sites for hydroxylation is 1. The van der Waals surface area contributed by atoms with E-state index in [9.17, 15) is 4.79 Å². The Morgan fingerprint density at radius 3 is 2.67 bits per heavy atom. The number of hydrogen-bond donors (Lipinski definition) is 1. The number of hydrogen-bond acceptors (Lipinski definition) is 4. The van der Waals surface area contributed by atoms with Crippen molar-refractivity contribution in [3.63, 3.8) is 0 Å². The molecule has 0 aliphatic carbocycles. The van der Waals surface area contributed by atoms with E-state index in [2.05, 4.69) is 30.4 Å². The molecule has 24 heavy (non-hydrogen) atoms. The number of likely N-dealkylation sites (N-methyl/N-ethyl adjacent to an activating group) is 1. The fraction of sp³-hybridized carbons (Fsp3) is 0.263. The third-order valence-corrected chi connectivity index (χ3v) is 4.51. The van der Waals surface area contributed by atoms with Gasteiger partial charge < -0.3 is 5.32 Å². The van der Waals surface area contributed by atoms with Gasteiger partial charge in [0.2, 0.25) is 5.91 Å². The average Bonchev–Trinajstić information content (AvgIpc) is 2.56. The molecule has 5 heteroatoms. The summed E-state index contributed by atoms with van der Waals surface area (Å²) in [5.74, 6) is 0.302. The second-order valence-corrected chi connectivity index (χ2v) is 6.61. The second kappa shape index (κ2) is 9.11. The molecule has 0 saturated carbocycles. The number of carbonyl (C=O) groups excluding carboxylic acids is 1. The summed E-state index contributed by atoms with van der Waals surface area (Å²) in [6, 6.07) is 17.8. The van der Waals surface area contributed by atoms with Crippen LogP contribution in [0.25, 0.3) is 0 Å². The van der Waals surface area contributed by atoms with Gasteiger partial charge in [-0.3, -0.25) is 9.69 Å². The molecule has 0 radical (unpaired) electrons. The maximum atomic E-state index is 12.3. The van der Waals surface area contributed by atoms with Crippen LogP contribution < -0.4 is 5.32 Å². The Hall–Kier alpha value is -2.29. The van der Waals surface area contributed by atoms with Crippen LogP contribution in [0.3, 0.4) is 0 Å². The van der Waals surface area contributed by atoms with E-state index in [1.807, 2.05) is 48.3 Å². The highest BCUT2D eigenvalue weighted by molar-refractivity contribution is 7.99. The number of carbonyl (C=O) groups is 1. The van der Waals surface area contributed by atoms with Crippen LogP contribution >= 0.6 is 11.8 Å². The van der Waals surface area contributed by atoms with Gasteiger partial charge in [0.05, 0.1) is 24.1 Å². The molecule has 0 aliphatic heterocycles. The van der Waals surface area contributed by atoms with E-state index < -0.39 is 0 Å². The van der Waals surface area contributed by atoms with Gasteiger partial charge in [0, 0.05) is 11.4 Å². The normalized spacial score (nSPS) is 10.4. The van der Waals surface area contributed by atoms with Crippen molar-refractivity contribution in [2.45, 2.75) is 18.4 Å². The first-order valence-electron chi connectivity index (χ1n) is 7.72. The predicted molar refractivity (Wildman–Crippen MR) is 98.9 cm³/mol. The predicted octanol–water partition coefficient (Wildman–Crippen LogP) is 3.68.